The molecule has 130 valence electrons. The van der Waals surface area contributed by atoms with Crippen LogP contribution in [0.4, 0.5) is 5.69 Å². The average Bonchev–Trinajstić information content (AvgIpc) is 2.58. The molecule has 1 N–H and O–H groups in total. The van der Waals surface area contributed by atoms with E-state index in [2.05, 4.69) is 5.32 Å². The summed E-state index contributed by atoms with van der Waals surface area (Å²) in [7, 11) is 0. The number of esters is 1. The van der Waals surface area contributed by atoms with Gasteiger partial charge < -0.3 is 10.1 Å². The van der Waals surface area contributed by atoms with Crippen LogP contribution in [0, 0.1) is 23.0 Å². The van der Waals surface area contributed by atoms with Gasteiger partial charge >= 0.3 is 5.97 Å². The van der Waals surface area contributed by atoms with Gasteiger partial charge in [-0.3, -0.25) is 14.9 Å². The highest BCUT2D eigenvalue weighted by atomic mass is 16.6. The lowest BCUT2D eigenvalue weighted by molar-refractivity contribution is -0.385. The minimum absolute atomic E-state index is 0.0585. The number of ether oxygens (including phenoxy) is 1. The number of nitrogens with zero attached hydrogens (tertiary/aromatic N) is 1. The fourth-order valence-corrected chi connectivity index (χ4v) is 2.90. The Bertz CT molecular complexity index is 623. The summed E-state index contributed by atoms with van der Waals surface area (Å²) in [6.07, 6.45) is 5.92. The van der Waals surface area contributed by atoms with Gasteiger partial charge in [-0.25, -0.2) is 4.79 Å². The molecule has 1 amide bonds. The molecule has 1 fully saturated rings. The molecule has 24 heavy (non-hydrogen) atoms. The van der Waals surface area contributed by atoms with Crippen molar-refractivity contribution >= 4 is 17.6 Å². The molecule has 1 aliphatic rings. The highest BCUT2D eigenvalue weighted by molar-refractivity contribution is 5.91. The number of nitrogens with one attached hydrogen (secondary N) is 1. The molecular formula is C17H22N2O5. The maximum absolute atomic E-state index is 11.9. The van der Waals surface area contributed by atoms with Crippen LogP contribution in [0.1, 0.15) is 48.0 Å². The Balaban J connectivity index is 1.78. The van der Waals surface area contributed by atoms with E-state index in [1.165, 1.54) is 37.5 Å². The van der Waals surface area contributed by atoms with Crippen LogP contribution in [-0.2, 0) is 9.53 Å². The molecule has 0 aromatic heterocycles. The van der Waals surface area contributed by atoms with Crippen LogP contribution in [-0.4, -0.2) is 30.0 Å². The van der Waals surface area contributed by atoms with Crippen molar-refractivity contribution in [3.05, 3.63) is 39.4 Å². The Hall–Kier alpha value is -2.44. The highest BCUT2D eigenvalue weighted by Crippen LogP contribution is 2.22. The normalized spacial score (nSPS) is 14.9. The zero-order valence-corrected chi connectivity index (χ0v) is 13.7. The van der Waals surface area contributed by atoms with Crippen molar-refractivity contribution in [2.24, 2.45) is 5.92 Å². The van der Waals surface area contributed by atoms with Crippen LogP contribution in [0.3, 0.4) is 0 Å². The zero-order valence-electron chi connectivity index (χ0n) is 13.7. The Morgan fingerprint density at radius 1 is 1.29 bits per heavy atom. The molecule has 0 saturated heterocycles. The predicted octanol–water partition coefficient (Wildman–Crippen LogP) is 2.76. The van der Waals surface area contributed by atoms with Crippen molar-refractivity contribution in [2.75, 3.05) is 13.2 Å². The molecule has 0 heterocycles. The van der Waals surface area contributed by atoms with Gasteiger partial charge in [0.05, 0.1) is 10.5 Å². The first-order valence-corrected chi connectivity index (χ1v) is 8.16. The lowest BCUT2D eigenvalue weighted by Gasteiger charge is -2.21. The summed E-state index contributed by atoms with van der Waals surface area (Å²) in [6, 6.07) is 3.98. The van der Waals surface area contributed by atoms with Crippen LogP contribution >= 0.6 is 0 Å². The van der Waals surface area contributed by atoms with Gasteiger partial charge in [0.15, 0.2) is 6.61 Å². The molecule has 2 rings (SSSR count). The largest absolute Gasteiger partial charge is 0.452 e. The lowest BCUT2D eigenvalue weighted by atomic mass is 9.89. The first-order chi connectivity index (χ1) is 11.5. The summed E-state index contributed by atoms with van der Waals surface area (Å²) in [5.41, 5.74) is 0.506. The molecule has 0 unspecified atom stereocenters. The molecule has 1 aromatic carbocycles. The molecule has 7 nitrogen and oxygen atoms in total. The Kier molecular flexibility index (Phi) is 6.28. The van der Waals surface area contributed by atoms with Crippen LogP contribution in [0.2, 0.25) is 0 Å². The van der Waals surface area contributed by atoms with Crippen molar-refractivity contribution in [3.8, 4) is 0 Å². The molecule has 1 saturated carbocycles. The number of nitro groups is 1. The molecule has 0 radical (unpaired) electrons. The third-order valence-electron chi connectivity index (χ3n) is 4.28. The predicted molar refractivity (Wildman–Crippen MR) is 87.7 cm³/mol. The van der Waals surface area contributed by atoms with Crippen LogP contribution in [0.25, 0.3) is 0 Å². The Labute approximate surface area is 140 Å². The van der Waals surface area contributed by atoms with E-state index in [4.69, 9.17) is 4.74 Å². The van der Waals surface area contributed by atoms with E-state index in [-0.39, 0.29) is 23.8 Å². The third kappa shape index (κ3) is 5.04. The van der Waals surface area contributed by atoms with Crippen molar-refractivity contribution in [1.82, 2.24) is 5.32 Å². The second-order valence-electron chi connectivity index (χ2n) is 6.14. The van der Waals surface area contributed by atoms with Crippen LogP contribution in [0.5, 0.6) is 0 Å². The SMILES string of the molecule is Cc1cc(C(=O)OCC(=O)NCC2CCCCC2)ccc1[N+](=O)[O-]. The van der Waals surface area contributed by atoms with E-state index in [0.717, 1.165) is 12.8 Å². The molecular weight excluding hydrogens is 312 g/mol. The smallest absolute Gasteiger partial charge is 0.338 e. The van der Waals surface area contributed by atoms with Gasteiger partial charge in [0.2, 0.25) is 0 Å². The lowest BCUT2D eigenvalue weighted by Crippen LogP contribution is -2.33. The van der Waals surface area contributed by atoms with E-state index in [1.54, 1.807) is 6.92 Å². The van der Waals surface area contributed by atoms with Gasteiger partial charge in [-0.2, -0.15) is 0 Å². The number of carbonyl (C=O) groups excluding carboxylic acids is 2. The zero-order chi connectivity index (χ0) is 17.5. The van der Waals surface area contributed by atoms with Crippen LogP contribution in [0.15, 0.2) is 18.2 Å². The van der Waals surface area contributed by atoms with E-state index in [9.17, 15) is 19.7 Å². The van der Waals surface area contributed by atoms with E-state index in [1.807, 2.05) is 0 Å². The number of hydrogen-bond donors (Lipinski definition) is 1. The summed E-state index contributed by atoms with van der Waals surface area (Å²) in [4.78, 5) is 33.9. The van der Waals surface area contributed by atoms with Gasteiger partial charge in [0, 0.05) is 18.2 Å². The van der Waals surface area contributed by atoms with Crippen molar-refractivity contribution in [2.45, 2.75) is 39.0 Å². The van der Waals surface area contributed by atoms with E-state index in [0.29, 0.717) is 18.0 Å². The van der Waals surface area contributed by atoms with E-state index < -0.39 is 10.9 Å². The molecule has 0 atom stereocenters. The maximum atomic E-state index is 11.9. The quantitative estimate of drug-likeness (QED) is 0.490. The summed E-state index contributed by atoms with van der Waals surface area (Å²) in [5.74, 6) is -0.482. The fourth-order valence-electron chi connectivity index (χ4n) is 2.90. The molecule has 0 bridgehead atoms. The van der Waals surface area contributed by atoms with Gasteiger partial charge in [-0.05, 0) is 37.8 Å². The first kappa shape index (κ1) is 17.9. The van der Waals surface area contributed by atoms with Crippen molar-refractivity contribution in [3.63, 3.8) is 0 Å². The highest BCUT2D eigenvalue weighted by Gasteiger charge is 2.17. The van der Waals surface area contributed by atoms with Crippen LogP contribution < -0.4 is 5.32 Å². The van der Waals surface area contributed by atoms with Crippen molar-refractivity contribution in [1.29, 1.82) is 0 Å². The summed E-state index contributed by atoms with van der Waals surface area (Å²) >= 11 is 0. The molecule has 7 heteroatoms. The van der Waals surface area contributed by atoms with E-state index >= 15 is 0 Å². The molecule has 0 spiro atoms. The van der Waals surface area contributed by atoms with Gasteiger partial charge in [0.1, 0.15) is 0 Å². The minimum atomic E-state index is -0.666. The number of nitro benzene ring substituents is 1. The second kappa shape index (κ2) is 8.42. The average molecular weight is 334 g/mol. The van der Waals surface area contributed by atoms with Gasteiger partial charge in [0.25, 0.3) is 11.6 Å². The summed E-state index contributed by atoms with van der Waals surface area (Å²) in [5, 5.41) is 13.5. The number of carbonyl (C=O) groups is 2. The maximum Gasteiger partial charge on any atom is 0.338 e. The van der Waals surface area contributed by atoms with Gasteiger partial charge in [-0.1, -0.05) is 19.3 Å². The first-order valence-electron chi connectivity index (χ1n) is 8.16. The topological polar surface area (TPSA) is 98.5 Å². The second-order valence-corrected chi connectivity index (χ2v) is 6.14. The van der Waals surface area contributed by atoms with Gasteiger partial charge in [-0.15, -0.1) is 0 Å². The number of rotatable bonds is 6. The monoisotopic (exact) mass is 334 g/mol. The minimum Gasteiger partial charge on any atom is -0.452 e. The Morgan fingerprint density at radius 3 is 2.62 bits per heavy atom. The standard InChI is InChI=1S/C17H22N2O5/c1-12-9-14(7-8-15(12)19(22)23)17(21)24-11-16(20)18-10-13-5-3-2-4-6-13/h7-9,13H,2-6,10-11H2,1H3,(H,18,20). The fraction of sp³-hybridized carbons (Fsp3) is 0.529. The summed E-state index contributed by atoms with van der Waals surface area (Å²) in [6.45, 7) is 1.82. The van der Waals surface area contributed by atoms with Crippen molar-refractivity contribution < 1.29 is 19.2 Å². The molecule has 1 aromatic rings. The third-order valence-corrected chi connectivity index (χ3v) is 4.28. The Morgan fingerprint density at radius 2 is 2.00 bits per heavy atom. The summed E-state index contributed by atoms with van der Waals surface area (Å²) < 4.78 is 4.96. The molecule has 0 aliphatic heterocycles. The number of amides is 1. The number of benzene rings is 1. The molecule has 1 aliphatic carbocycles. The number of hydrogen-bond acceptors (Lipinski definition) is 5. The number of aryl methyl sites for hydroxylation is 1.